The maximum Gasteiger partial charge on any atom is 0.0814 e. The molecular weight excluding hydrogens is 320 g/mol. The van der Waals surface area contributed by atoms with Crippen molar-refractivity contribution in [3.8, 4) is 0 Å². The van der Waals surface area contributed by atoms with Crippen molar-refractivity contribution in [2.75, 3.05) is 0 Å². The lowest BCUT2D eigenvalue weighted by atomic mass is 10.0. The van der Waals surface area contributed by atoms with Crippen LogP contribution in [0.25, 0.3) is 0 Å². The number of hydrogen-bond donors (Lipinski definition) is 2. The van der Waals surface area contributed by atoms with Crippen molar-refractivity contribution in [1.82, 2.24) is 5.43 Å². The molecule has 0 saturated carbocycles. The summed E-state index contributed by atoms with van der Waals surface area (Å²) in [6.07, 6.45) is 0. The van der Waals surface area contributed by atoms with Gasteiger partial charge >= 0.3 is 0 Å². The molecule has 0 aliphatic rings. The number of nitrogens with one attached hydrogen (secondary N) is 1. The number of rotatable bonds is 3. The molecule has 0 fully saturated rings. The van der Waals surface area contributed by atoms with Gasteiger partial charge in [-0.1, -0.05) is 23.7 Å². The molecule has 5 heteroatoms. The van der Waals surface area contributed by atoms with Crippen LogP contribution in [0, 0.1) is 6.92 Å². The summed E-state index contributed by atoms with van der Waals surface area (Å²) in [7, 11) is 0. The van der Waals surface area contributed by atoms with Crippen LogP contribution in [-0.2, 0) is 0 Å². The minimum absolute atomic E-state index is 0.0136. The Morgan fingerprint density at radius 2 is 2.18 bits per heavy atom. The monoisotopic (exact) mass is 330 g/mol. The molecule has 90 valence electrons. The zero-order valence-electron chi connectivity index (χ0n) is 9.21. The van der Waals surface area contributed by atoms with Crippen LogP contribution in [-0.4, -0.2) is 0 Å². The van der Waals surface area contributed by atoms with Crippen molar-refractivity contribution in [2.24, 2.45) is 5.84 Å². The van der Waals surface area contributed by atoms with E-state index in [9.17, 15) is 0 Å². The average molecular weight is 332 g/mol. The van der Waals surface area contributed by atoms with Crippen LogP contribution in [0.5, 0.6) is 0 Å². The van der Waals surface area contributed by atoms with Gasteiger partial charge in [-0.2, -0.15) is 0 Å². The molecule has 3 N–H and O–H groups in total. The van der Waals surface area contributed by atoms with E-state index in [-0.39, 0.29) is 6.04 Å². The topological polar surface area (TPSA) is 38.0 Å². The maximum absolute atomic E-state index is 6.03. The predicted octanol–water partition coefficient (Wildman–Crippen LogP) is 4.03. The number of thiophene rings is 1. The molecule has 17 heavy (non-hydrogen) atoms. The van der Waals surface area contributed by atoms with Gasteiger partial charge in [0.15, 0.2) is 0 Å². The van der Waals surface area contributed by atoms with Gasteiger partial charge in [0, 0.05) is 14.4 Å². The zero-order chi connectivity index (χ0) is 12.4. The fraction of sp³-hybridized carbons (Fsp3) is 0.167. The second-order valence-corrected chi connectivity index (χ2v) is 5.95. The number of benzene rings is 1. The van der Waals surface area contributed by atoms with Gasteiger partial charge in [0.1, 0.15) is 0 Å². The van der Waals surface area contributed by atoms with Crippen molar-refractivity contribution in [3.63, 3.8) is 0 Å². The third kappa shape index (κ3) is 2.72. The van der Waals surface area contributed by atoms with Gasteiger partial charge in [0.2, 0.25) is 0 Å². The van der Waals surface area contributed by atoms with Crippen molar-refractivity contribution < 1.29 is 0 Å². The summed E-state index contributed by atoms with van der Waals surface area (Å²) < 4.78 is 1.07. The molecular formula is C12H12BrClN2S. The smallest absolute Gasteiger partial charge is 0.0814 e. The minimum Gasteiger partial charge on any atom is -0.271 e. The van der Waals surface area contributed by atoms with E-state index < -0.39 is 0 Å². The van der Waals surface area contributed by atoms with Gasteiger partial charge in [0.25, 0.3) is 0 Å². The van der Waals surface area contributed by atoms with Crippen molar-refractivity contribution in [1.29, 1.82) is 0 Å². The summed E-state index contributed by atoms with van der Waals surface area (Å²) >= 11 is 11.2. The highest BCUT2D eigenvalue weighted by molar-refractivity contribution is 9.10. The quantitative estimate of drug-likeness (QED) is 0.658. The molecule has 0 saturated heterocycles. The van der Waals surface area contributed by atoms with E-state index in [1.165, 1.54) is 0 Å². The first-order valence-corrected chi connectivity index (χ1v) is 7.13. The van der Waals surface area contributed by atoms with Crippen LogP contribution in [0.1, 0.15) is 22.0 Å². The fourth-order valence-electron chi connectivity index (χ4n) is 1.68. The summed E-state index contributed by atoms with van der Waals surface area (Å²) in [5, 5.41) is 2.81. The summed E-state index contributed by atoms with van der Waals surface area (Å²) in [5.41, 5.74) is 5.01. The molecule has 0 radical (unpaired) electrons. The van der Waals surface area contributed by atoms with Gasteiger partial charge in [-0.25, -0.2) is 5.43 Å². The molecule has 1 atom stereocenters. The lowest BCUT2D eigenvalue weighted by Gasteiger charge is -2.16. The van der Waals surface area contributed by atoms with Gasteiger partial charge in [-0.05, 0) is 51.5 Å². The van der Waals surface area contributed by atoms with Gasteiger partial charge in [-0.15, -0.1) is 11.3 Å². The molecule has 1 aromatic carbocycles. The van der Waals surface area contributed by atoms with E-state index in [1.54, 1.807) is 11.3 Å². The third-order valence-electron chi connectivity index (χ3n) is 2.59. The van der Waals surface area contributed by atoms with E-state index in [2.05, 4.69) is 27.4 Å². The molecule has 0 amide bonds. The standard InChI is InChI=1S/C12H12BrClN2S/c1-7-6-8(2-3-10(7)14)11(16-15)12-9(13)4-5-17-12/h2-6,11,16H,15H2,1H3. The fourth-order valence-corrected chi connectivity index (χ4v) is 3.49. The highest BCUT2D eigenvalue weighted by Crippen LogP contribution is 2.33. The molecule has 2 rings (SSSR count). The molecule has 0 aliphatic heterocycles. The highest BCUT2D eigenvalue weighted by Gasteiger charge is 2.17. The van der Waals surface area contributed by atoms with Crippen LogP contribution < -0.4 is 11.3 Å². The maximum atomic E-state index is 6.03. The van der Waals surface area contributed by atoms with Crippen molar-refractivity contribution in [3.05, 3.63) is 55.1 Å². The summed E-state index contributed by atoms with van der Waals surface area (Å²) in [4.78, 5) is 1.16. The Labute approximate surface area is 118 Å². The molecule has 0 bridgehead atoms. The second-order valence-electron chi connectivity index (χ2n) is 3.74. The molecule has 0 aliphatic carbocycles. The lowest BCUT2D eigenvalue weighted by molar-refractivity contribution is 0.644. The van der Waals surface area contributed by atoms with Crippen molar-refractivity contribution >= 4 is 38.9 Å². The first kappa shape index (κ1) is 13.1. The Morgan fingerprint density at radius 3 is 2.71 bits per heavy atom. The van der Waals surface area contributed by atoms with E-state index in [4.69, 9.17) is 17.4 Å². The Balaban J connectivity index is 2.42. The lowest BCUT2D eigenvalue weighted by Crippen LogP contribution is -2.28. The Kier molecular flexibility index (Phi) is 4.22. The van der Waals surface area contributed by atoms with Gasteiger partial charge in [-0.3, -0.25) is 5.84 Å². The summed E-state index contributed by atoms with van der Waals surface area (Å²) in [5.74, 6) is 5.66. The van der Waals surface area contributed by atoms with E-state index in [0.29, 0.717) is 0 Å². The predicted molar refractivity (Wildman–Crippen MR) is 77.4 cm³/mol. The van der Waals surface area contributed by atoms with E-state index >= 15 is 0 Å². The molecule has 1 heterocycles. The minimum atomic E-state index is -0.0136. The molecule has 2 aromatic rings. The van der Waals surface area contributed by atoms with Gasteiger partial charge in [0.05, 0.1) is 6.04 Å². The largest absolute Gasteiger partial charge is 0.271 e. The number of nitrogens with two attached hydrogens (primary N) is 1. The normalized spacial score (nSPS) is 12.7. The SMILES string of the molecule is Cc1cc(C(NN)c2sccc2Br)ccc1Cl. The summed E-state index contributed by atoms with van der Waals surface area (Å²) in [6, 6.07) is 7.95. The highest BCUT2D eigenvalue weighted by atomic mass is 79.9. The van der Waals surface area contributed by atoms with Crippen LogP contribution in [0.2, 0.25) is 5.02 Å². The van der Waals surface area contributed by atoms with Crippen LogP contribution >= 0.6 is 38.9 Å². The third-order valence-corrected chi connectivity index (χ3v) is 4.95. The van der Waals surface area contributed by atoms with Crippen LogP contribution in [0.3, 0.4) is 0 Å². The second kappa shape index (κ2) is 5.50. The first-order chi connectivity index (χ1) is 8.13. The Bertz CT molecular complexity index is 527. The van der Waals surface area contributed by atoms with E-state index in [1.807, 2.05) is 30.5 Å². The van der Waals surface area contributed by atoms with Crippen LogP contribution in [0.15, 0.2) is 34.1 Å². The number of hydrazine groups is 1. The Hall–Kier alpha value is -0.390. The number of hydrogen-bond acceptors (Lipinski definition) is 3. The van der Waals surface area contributed by atoms with Crippen molar-refractivity contribution in [2.45, 2.75) is 13.0 Å². The number of aryl methyl sites for hydroxylation is 1. The van der Waals surface area contributed by atoms with Crippen LogP contribution in [0.4, 0.5) is 0 Å². The molecule has 1 unspecified atom stereocenters. The zero-order valence-corrected chi connectivity index (χ0v) is 12.4. The molecule has 1 aromatic heterocycles. The average Bonchev–Trinajstić information content (AvgIpc) is 2.71. The Morgan fingerprint density at radius 1 is 1.41 bits per heavy atom. The van der Waals surface area contributed by atoms with Gasteiger partial charge < -0.3 is 0 Å². The number of halogens is 2. The summed E-state index contributed by atoms with van der Waals surface area (Å²) in [6.45, 7) is 1.99. The van der Waals surface area contributed by atoms with E-state index in [0.717, 1.165) is 25.5 Å². The molecule has 2 nitrogen and oxygen atoms in total. The molecule has 0 spiro atoms. The first-order valence-electron chi connectivity index (χ1n) is 5.08.